The van der Waals surface area contributed by atoms with Crippen molar-refractivity contribution in [1.82, 2.24) is 0 Å². The Labute approximate surface area is 130 Å². The van der Waals surface area contributed by atoms with Gasteiger partial charge in [0.15, 0.2) is 9.84 Å². The molecule has 1 atom stereocenters. The van der Waals surface area contributed by atoms with Gasteiger partial charge in [0, 0.05) is 5.02 Å². The lowest BCUT2D eigenvalue weighted by molar-refractivity contribution is 0.282. The number of aliphatic hydroxyl groups excluding tert-OH is 1. The van der Waals surface area contributed by atoms with Crippen molar-refractivity contribution in [3.8, 4) is 0 Å². The largest absolute Gasteiger partial charge is 0.392 e. The van der Waals surface area contributed by atoms with Crippen LogP contribution < -0.4 is 0 Å². The number of benzene rings is 2. The van der Waals surface area contributed by atoms with Gasteiger partial charge in [0.1, 0.15) is 0 Å². The molecule has 0 aromatic heterocycles. The zero-order valence-electron chi connectivity index (χ0n) is 11.7. The SMILES string of the molecule is CC(c1ccc(Cl)cc1)S(=O)(=O)Cc1ccc(CO)cc1. The Morgan fingerprint density at radius 1 is 1.00 bits per heavy atom. The third-order valence-electron chi connectivity index (χ3n) is 3.45. The molecule has 3 nitrogen and oxygen atoms in total. The average molecular weight is 325 g/mol. The van der Waals surface area contributed by atoms with Gasteiger partial charge in [-0.05, 0) is 35.7 Å². The first-order valence-electron chi connectivity index (χ1n) is 6.58. The molecule has 0 spiro atoms. The molecule has 0 aliphatic carbocycles. The maximum atomic E-state index is 12.5. The van der Waals surface area contributed by atoms with Gasteiger partial charge in [-0.25, -0.2) is 8.42 Å². The summed E-state index contributed by atoms with van der Waals surface area (Å²) < 4.78 is 24.9. The van der Waals surface area contributed by atoms with E-state index in [1.165, 1.54) is 0 Å². The minimum absolute atomic E-state index is 0.0253. The van der Waals surface area contributed by atoms with Gasteiger partial charge >= 0.3 is 0 Å². The molecule has 2 rings (SSSR count). The van der Waals surface area contributed by atoms with Crippen molar-refractivity contribution >= 4 is 21.4 Å². The first-order valence-corrected chi connectivity index (χ1v) is 8.67. The molecule has 0 radical (unpaired) electrons. The molecule has 0 bridgehead atoms. The third-order valence-corrected chi connectivity index (χ3v) is 5.79. The Balaban J connectivity index is 2.18. The molecule has 0 fully saturated rings. The van der Waals surface area contributed by atoms with Gasteiger partial charge in [-0.1, -0.05) is 48.0 Å². The lowest BCUT2D eigenvalue weighted by Crippen LogP contribution is -2.12. The highest BCUT2D eigenvalue weighted by atomic mass is 35.5. The number of rotatable bonds is 5. The van der Waals surface area contributed by atoms with Crippen molar-refractivity contribution in [1.29, 1.82) is 0 Å². The van der Waals surface area contributed by atoms with E-state index < -0.39 is 15.1 Å². The standard InChI is InChI=1S/C16H17ClO3S/c1-12(15-6-8-16(17)9-7-15)21(19,20)11-14-4-2-13(10-18)3-5-14/h2-9,12,18H,10-11H2,1H3. The highest BCUT2D eigenvalue weighted by Crippen LogP contribution is 2.26. The topological polar surface area (TPSA) is 54.4 Å². The summed E-state index contributed by atoms with van der Waals surface area (Å²) in [6.45, 7) is 1.63. The zero-order chi connectivity index (χ0) is 15.5. The normalized spacial score (nSPS) is 13.1. The van der Waals surface area contributed by atoms with Crippen LogP contribution in [-0.4, -0.2) is 13.5 Å². The van der Waals surface area contributed by atoms with Crippen molar-refractivity contribution in [2.45, 2.75) is 24.5 Å². The molecule has 0 amide bonds. The summed E-state index contributed by atoms with van der Waals surface area (Å²) in [6, 6.07) is 13.8. The van der Waals surface area contributed by atoms with E-state index in [1.54, 1.807) is 55.5 Å². The Morgan fingerprint density at radius 2 is 1.52 bits per heavy atom. The van der Waals surface area contributed by atoms with Crippen LogP contribution in [0.25, 0.3) is 0 Å². The van der Waals surface area contributed by atoms with Crippen molar-refractivity contribution in [2.75, 3.05) is 0 Å². The number of hydrogen-bond acceptors (Lipinski definition) is 3. The summed E-state index contributed by atoms with van der Waals surface area (Å²) in [5.74, 6) is -0.0253. The van der Waals surface area contributed by atoms with Gasteiger partial charge in [-0.2, -0.15) is 0 Å². The highest BCUT2D eigenvalue weighted by molar-refractivity contribution is 7.90. The van der Waals surface area contributed by atoms with E-state index in [0.717, 1.165) is 11.1 Å². The maximum absolute atomic E-state index is 12.5. The van der Waals surface area contributed by atoms with Gasteiger partial charge in [0.05, 0.1) is 17.6 Å². The smallest absolute Gasteiger partial charge is 0.161 e. The van der Waals surface area contributed by atoms with E-state index in [9.17, 15) is 8.42 Å². The van der Waals surface area contributed by atoms with Crippen LogP contribution in [0.15, 0.2) is 48.5 Å². The molecule has 0 aliphatic rings. The van der Waals surface area contributed by atoms with Gasteiger partial charge in [-0.15, -0.1) is 0 Å². The summed E-state index contributed by atoms with van der Waals surface area (Å²) >= 11 is 5.82. The molecule has 0 aliphatic heterocycles. The molecular formula is C16H17ClO3S. The van der Waals surface area contributed by atoms with E-state index in [4.69, 9.17) is 16.7 Å². The number of sulfone groups is 1. The molecule has 0 saturated carbocycles. The molecule has 1 N–H and O–H groups in total. The summed E-state index contributed by atoms with van der Waals surface area (Å²) in [4.78, 5) is 0. The van der Waals surface area contributed by atoms with Crippen LogP contribution in [0.1, 0.15) is 28.9 Å². The fourth-order valence-electron chi connectivity index (χ4n) is 2.04. The van der Waals surface area contributed by atoms with Crippen molar-refractivity contribution in [2.24, 2.45) is 0 Å². The molecular weight excluding hydrogens is 308 g/mol. The average Bonchev–Trinajstić information content (AvgIpc) is 2.48. The van der Waals surface area contributed by atoms with Gasteiger partial charge in [0.2, 0.25) is 0 Å². The Morgan fingerprint density at radius 3 is 2.05 bits per heavy atom. The fourth-order valence-corrected chi connectivity index (χ4v) is 3.64. The summed E-state index contributed by atoms with van der Waals surface area (Å²) in [5.41, 5.74) is 2.21. The second kappa shape index (κ2) is 6.60. The Kier molecular flexibility index (Phi) is 5.04. The van der Waals surface area contributed by atoms with E-state index in [-0.39, 0.29) is 12.4 Å². The third kappa shape index (κ3) is 4.06. The lowest BCUT2D eigenvalue weighted by atomic mass is 10.2. The van der Waals surface area contributed by atoms with E-state index in [0.29, 0.717) is 10.6 Å². The molecule has 112 valence electrons. The number of aliphatic hydroxyl groups is 1. The molecule has 1 unspecified atom stereocenters. The fraction of sp³-hybridized carbons (Fsp3) is 0.250. The highest BCUT2D eigenvalue weighted by Gasteiger charge is 2.22. The van der Waals surface area contributed by atoms with E-state index in [2.05, 4.69) is 0 Å². The van der Waals surface area contributed by atoms with Crippen molar-refractivity contribution in [3.05, 3.63) is 70.2 Å². The summed E-state index contributed by atoms with van der Waals surface area (Å²) in [5, 5.41) is 8.99. The van der Waals surface area contributed by atoms with Crippen LogP contribution >= 0.6 is 11.6 Å². The van der Waals surface area contributed by atoms with Gasteiger partial charge < -0.3 is 5.11 Å². The quantitative estimate of drug-likeness (QED) is 0.915. The molecule has 2 aromatic rings. The summed E-state index contributed by atoms with van der Waals surface area (Å²) in [7, 11) is -3.30. The van der Waals surface area contributed by atoms with Crippen LogP contribution in [0, 0.1) is 0 Å². The lowest BCUT2D eigenvalue weighted by Gasteiger charge is -2.13. The molecule has 2 aromatic carbocycles. The van der Waals surface area contributed by atoms with Crippen LogP contribution in [-0.2, 0) is 22.2 Å². The molecule has 0 saturated heterocycles. The second-order valence-electron chi connectivity index (χ2n) is 4.98. The first-order chi connectivity index (χ1) is 9.92. The monoisotopic (exact) mass is 324 g/mol. The predicted molar refractivity (Wildman–Crippen MR) is 84.9 cm³/mol. The van der Waals surface area contributed by atoms with Crippen LogP contribution in [0.3, 0.4) is 0 Å². The van der Waals surface area contributed by atoms with Crippen LogP contribution in [0.5, 0.6) is 0 Å². The predicted octanol–water partition coefficient (Wildman–Crippen LogP) is 3.51. The van der Waals surface area contributed by atoms with Crippen LogP contribution in [0.2, 0.25) is 5.02 Å². The summed E-state index contributed by atoms with van der Waals surface area (Å²) in [6.07, 6.45) is 0. The maximum Gasteiger partial charge on any atom is 0.161 e. The van der Waals surface area contributed by atoms with E-state index in [1.807, 2.05) is 0 Å². The number of halogens is 1. The first kappa shape index (κ1) is 16.0. The van der Waals surface area contributed by atoms with Crippen molar-refractivity contribution < 1.29 is 13.5 Å². The second-order valence-corrected chi connectivity index (χ2v) is 7.73. The van der Waals surface area contributed by atoms with Gasteiger partial charge in [0.25, 0.3) is 0 Å². The van der Waals surface area contributed by atoms with Gasteiger partial charge in [-0.3, -0.25) is 0 Å². The minimum atomic E-state index is -3.30. The zero-order valence-corrected chi connectivity index (χ0v) is 13.2. The molecule has 5 heteroatoms. The van der Waals surface area contributed by atoms with Crippen molar-refractivity contribution in [3.63, 3.8) is 0 Å². The Hall–Kier alpha value is -1.36. The Bertz CT molecular complexity index is 691. The molecule has 0 heterocycles. The number of hydrogen-bond donors (Lipinski definition) is 1. The van der Waals surface area contributed by atoms with Crippen LogP contribution in [0.4, 0.5) is 0 Å². The minimum Gasteiger partial charge on any atom is -0.392 e. The molecule has 21 heavy (non-hydrogen) atoms. The van der Waals surface area contributed by atoms with E-state index >= 15 is 0 Å².